The van der Waals surface area contributed by atoms with Gasteiger partial charge in [-0.2, -0.15) is 0 Å². The fraction of sp³-hybridized carbons (Fsp3) is 1.00. The van der Waals surface area contributed by atoms with E-state index in [1.54, 1.807) is 7.11 Å². The largest absolute Gasteiger partial charge is 0.374 e. The number of hydrogen-bond acceptors (Lipinski definition) is 2. The van der Waals surface area contributed by atoms with E-state index in [1.807, 2.05) is 11.8 Å². The molecule has 0 aliphatic carbocycles. The maximum absolute atomic E-state index is 5.54. The third-order valence-electron chi connectivity index (χ3n) is 1.37. The summed E-state index contributed by atoms with van der Waals surface area (Å²) in [6.07, 6.45) is 5.04. The highest BCUT2D eigenvalue weighted by Crippen LogP contribution is 2.07. The fourth-order valence-corrected chi connectivity index (χ4v) is 1.68. The van der Waals surface area contributed by atoms with E-state index < -0.39 is 0 Å². The Morgan fingerprint density at radius 3 is 2.55 bits per heavy atom. The van der Waals surface area contributed by atoms with E-state index in [0.717, 1.165) is 18.2 Å². The second kappa shape index (κ2) is 10.6. The van der Waals surface area contributed by atoms with Crippen molar-refractivity contribution >= 4 is 23.4 Å². The van der Waals surface area contributed by atoms with Gasteiger partial charge < -0.3 is 4.74 Å². The quantitative estimate of drug-likeness (QED) is 0.335. The van der Waals surface area contributed by atoms with Crippen LogP contribution in [0.15, 0.2) is 0 Å². The SMILES string of the molecule is COCSCCCCCCCl. The molecule has 0 spiro atoms. The van der Waals surface area contributed by atoms with E-state index in [1.165, 1.54) is 25.0 Å². The smallest absolute Gasteiger partial charge is 0.0917 e. The zero-order chi connectivity index (χ0) is 8.36. The monoisotopic (exact) mass is 196 g/mol. The van der Waals surface area contributed by atoms with Crippen LogP contribution >= 0.6 is 23.4 Å². The molecule has 0 saturated heterocycles. The van der Waals surface area contributed by atoms with Crippen molar-refractivity contribution in [3.05, 3.63) is 0 Å². The van der Waals surface area contributed by atoms with Crippen LogP contribution in [-0.2, 0) is 4.74 Å². The van der Waals surface area contributed by atoms with Gasteiger partial charge in [0.15, 0.2) is 0 Å². The van der Waals surface area contributed by atoms with Gasteiger partial charge in [0, 0.05) is 13.0 Å². The van der Waals surface area contributed by atoms with Gasteiger partial charge in [-0.15, -0.1) is 23.4 Å². The molecule has 68 valence electrons. The number of methoxy groups -OCH3 is 1. The van der Waals surface area contributed by atoms with Crippen molar-refractivity contribution < 1.29 is 4.74 Å². The number of rotatable bonds is 8. The zero-order valence-corrected chi connectivity index (χ0v) is 8.72. The predicted octanol–water partition coefficient (Wildman–Crippen LogP) is 3.12. The molecule has 1 nitrogen and oxygen atoms in total. The van der Waals surface area contributed by atoms with Crippen molar-refractivity contribution in [3.63, 3.8) is 0 Å². The summed E-state index contributed by atoms with van der Waals surface area (Å²) in [5.41, 5.74) is 0. The first-order valence-corrected chi connectivity index (χ1v) is 5.73. The van der Waals surface area contributed by atoms with E-state index in [4.69, 9.17) is 16.3 Å². The highest BCUT2D eigenvalue weighted by atomic mass is 35.5. The summed E-state index contributed by atoms with van der Waals surface area (Å²) in [6, 6.07) is 0. The maximum Gasteiger partial charge on any atom is 0.0917 e. The number of unbranched alkanes of at least 4 members (excludes halogenated alkanes) is 3. The molecule has 3 heteroatoms. The average molecular weight is 197 g/mol. The van der Waals surface area contributed by atoms with Gasteiger partial charge >= 0.3 is 0 Å². The third kappa shape index (κ3) is 10.6. The number of halogens is 1. The summed E-state index contributed by atoms with van der Waals surface area (Å²) in [4.78, 5) is 0. The van der Waals surface area contributed by atoms with Gasteiger partial charge in [-0.05, 0) is 18.6 Å². The Morgan fingerprint density at radius 2 is 1.91 bits per heavy atom. The molecule has 0 bridgehead atoms. The van der Waals surface area contributed by atoms with Crippen molar-refractivity contribution in [2.45, 2.75) is 25.7 Å². The minimum Gasteiger partial charge on any atom is -0.374 e. The molecule has 11 heavy (non-hydrogen) atoms. The highest BCUT2D eigenvalue weighted by Gasteiger charge is 1.89. The van der Waals surface area contributed by atoms with Gasteiger partial charge in [0.05, 0.1) is 5.94 Å². The lowest BCUT2D eigenvalue weighted by Gasteiger charge is -1.99. The lowest BCUT2D eigenvalue weighted by atomic mass is 10.2. The Morgan fingerprint density at radius 1 is 1.18 bits per heavy atom. The van der Waals surface area contributed by atoms with E-state index in [2.05, 4.69) is 0 Å². The maximum atomic E-state index is 5.54. The van der Waals surface area contributed by atoms with Crippen molar-refractivity contribution in [2.24, 2.45) is 0 Å². The van der Waals surface area contributed by atoms with Crippen LogP contribution in [-0.4, -0.2) is 24.7 Å². The first-order chi connectivity index (χ1) is 5.41. The number of thioether (sulfide) groups is 1. The Labute approximate surface area is 78.8 Å². The van der Waals surface area contributed by atoms with Crippen LogP contribution < -0.4 is 0 Å². The highest BCUT2D eigenvalue weighted by molar-refractivity contribution is 7.99. The lowest BCUT2D eigenvalue weighted by Crippen LogP contribution is -1.86. The second-order valence-electron chi connectivity index (χ2n) is 2.42. The molecule has 0 rings (SSSR count). The molecule has 0 aromatic carbocycles. The Kier molecular flexibility index (Phi) is 11.2. The molecule has 0 aliphatic rings. The average Bonchev–Trinajstić information content (AvgIpc) is 2.03. The summed E-state index contributed by atoms with van der Waals surface area (Å²) in [5, 5.41) is 0. The number of hydrogen-bond donors (Lipinski definition) is 0. The zero-order valence-electron chi connectivity index (χ0n) is 7.14. The van der Waals surface area contributed by atoms with Crippen LogP contribution in [0.25, 0.3) is 0 Å². The Balaban J connectivity index is 2.69. The lowest BCUT2D eigenvalue weighted by molar-refractivity contribution is 0.259. The fourth-order valence-electron chi connectivity index (χ4n) is 0.794. The molecular formula is C8H17ClOS. The van der Waals surface area contributed by atoms with Gasteiger partial charge in [0.2, 0.25) is 0 Å². The van der Waals surface area contributed by atoms with Gasteiger partial charge in [-0.3, -0.25) is 0 Å². The van der Waals surface area contributed by atoms with E-state index >= 15 is 0 Å². The Bertz CT molecular complexity index is 63.1. The molecule has 0 aliphatic heterocycles. The number of alkyl halides is 1. The van der Waals surface area contributed by atoms with Gasteiger partial charge in [-0.25, -0.2) is 0 Å². The van der Waals surface area contributed by atoms with Crippen molar-refractivity contribution in [1.82, 2.24) is 0 Å². The molecule has 0 unspecified atom stereocenters. The van der Waals surface area contributed by atoms with Crippen LogP contribution in [0.5, 0.6) is 0 Å². The molecule has 0 aromatic rings. The number of ether oxygens (including phenoxy) is 1. The van der Waals surface area contributed by atoms with Crippen LogP contribution in [0.4, 0.5) is 0 Å². The predicted molar refractivity (Wildman–Crippen MR) is 53.5 cm³/mol. The summed E-state index contributed by atoms with van der Waals surface area (Å²) in [7, 11) is 1.74. The van der Waals surface area contributed by atoms with Gasteiger partial charge in [0.25, 0.3) is 0 Å². The molecule has 0 N–H and O–H groups in total. The van der Waals surface area contributed by atoms with Crippen LogP contribution in [0.1, 0.15) is 25.7 Å². The summed E-state index contributed by atoms with van der Waals surface area (Å²) in [5.74, 6) is 2.86. The second-order valence-corrected chi connectivity index (χ2v) is 3.85. The Hall–Kier alpha value is 0.600. The molecule has 0 fully saturated rings. The minimum absolute atomic E-state index is 0.811. The summed E-state index contributed by atoms with van der Waals surface area (Å²) < 4.78 is 4.91. The topological polar surface area (TPSA) is 9.23 Å². The molecule has 0 amide bonds. The van der Waals surface area contributed by atoms with Crippen molar-refractivity contribution in [2.75, 3.05) is 24.7 Å². The third-order valence-corrected chi connectivity index (χ3v) is 2.62. The molecule has 0 atom stereocenters. The molecular weight excluding hydrogens is 180 g/mol. The summed E-state index contributed by atoms with van der Waals surface area (Å²) in [6.45, 7) is 0. The summed E-state index contributed by atoms with van der Waals surface area (Å²) >= 11 is 7.39. The molecule has 0 saturated carbocycles. The van der Waals surface area contributed by atoms with E-state index in [9.17, 15) is 0 Å². The molecule has 0 radical (unpaired) electrons. The molecule has 0 aromatic heterocycles. The molecule has 0 heterocycles. The van der Waals surface area contributed by atoms with E-state index in [-0.39, 0.29) is 0 Å². The standard InChI is InChI=1S/C8H17ClOS/c1-10-8-11-7-5-3-2-4-6-9/h2-8H2,1H3. The van der Waals surface area contributed by atoms with Crippen LogP contribution in [0, 0.1) is 0 Å². The normalized spacial score (nSPS) is 10.4. The van der Waals surface area contributed by atoms with Crippen molar-refractivity contribution in [1.29, 1.82) is 0 Å². The van der Waals surface area contributed by atoms with E-state index in [0.29, 0.717) is 0 Å². The first-order valence-electron chi connectivity index (χ1n) is 4.04. The van der Waals surface area contributed by atoms with Gasteiger partial charge in [0.1, 0.15) is 0 Å². The van der Waals surface area contributed by atoms with Crippen LogP contribution in [0.2, 0.25) is 0 Å². The van der Waals surface area contributed by atoms with Crippen molar-refractivity contribution in [3.8, 4) is 0 Å². The van der Waals surface area contributed by atoms with Crippen LogP contribution in [0.3, 0.4) is 0 Å². The first kappa shape index (κ1) is 11.6. The van der Waals surface area contributed by atoms with Gasteiger partial charge in [-0.1, -0.05) is 12.8 Å². The minimum atomic E-state index is 0.811.